The maximum absolute atomic E-state index is 10.3. The third-order valence-electron chi connectivity index (χ3n) is 1.26. The molecule has 2 N–H and O–H groups in total. The van der Waals surface area contributed by atoms with Gasteiger partial charge in [-0.05, 0) is 6.07 Å². The molecule has 0 fully saturated rings. The van der Waals surface area contributed by atoms with E-state index in [9.17, 15) is 14.9 Å². The van der Waals surface area contributed by atoms with Crippen LogP contribution in [0.5, 0.6) is 0 Å². The second-order valence-corrected chi connectivity index (χ2v) is 2.37. The number of amides is 1. The van der Waals surface area contributed by atoms with Crippen LogP contribution in [0, 0.1) is 10.1 Å². The minimum Gasteiger partial charge on any atom is -0.400 e. The highest BCUT2D eigenvalue weighted by molar-refractivity contribution is 5.81. The van der Waals surface area contributed by atoms with Crippen molar-refractivity contribution in [3.63, 3.8) is 0 Å². The molecule has 1 heterocycles. The third kappa shape index (κ3) is 2.70. The van der Waals surface area contributed by atoms with Crippen molar-refractivity contribution in [2.45, 2.75) is 0 Å². The predicted molar refractivity (Wildman–Crippen MR) is 47.0 cm³/mol. The number of nitro groups is 1. The van der Waals surface area contributed by atoms with E-state index >= 15 is 0 Å². The molecule has 7 nitrogen and oxygen atoms in total. The lowest BCUT2D eigenvalue weighted by molar-refractivity contribution is -0.402. The molecule has 14 heavy (non-hydrogen) atoms. The fourth-order valence-electron chi connectivity index (χ4n) is 0.735. The molecule has 0 saturated heterocycles. The van der Waals surface area contributed by atoms with Crippen molar-refractivity contribution >= 4 is 18.0 Å². The lowest BCUT2D eigenvalue weighted by atomic mass is 10.5. The van der Waals surface area contributed by atoms with Crippen LogP contribution in [0.2, 0.25) is 0 Å². The van der Waals surface area contributed by atoms with Crippen LogP contribution in [0.1, 0.15) is 5.76 Å². The summed E-state index contributed by atoms with van der Waals surface area (Å²) in [5.41, 5.74) is 4.82. The van der Waals surface area contributed by atoms with Crippen LogP contribution in [-0.2, 0) is 4.79 Å². The Kier molecular flexibility index (Phi) is 2.95. The molecule has 1 amide bonds. The summed E-state index contributed by atoms with van der Waals surface area (Å²) < 4.78 is 4.73. The number of hydrogen-bond acceptors (Lipinski definition) is 5. The second kappa shape index (κ2) is 4.17. The first-order valence-corrected chi connectivity index (χ1v) is 3.62. The van der Waals surface area contributed by atoms with Gasteiger partial charge >= 0.3 is 5.88 Å². The molecule has 0 aliphatic carbocycles. The van der Waals surface area contributed by atoms with Crippen molar-refractivity contribution < 1.29 is 14.1 Å². The summed E-state index contributed by atoms with van der Waals surface area (Å²) in [6, 6.07) is 2.58. The van der Waals surface area contributed by atoms with Gasteiger partial charge in [0.05, 0.1) is 12.3 Å². The van der Waals surface area contributed by atoms with Crippen LogP contribution < -0.4 is 5.73 Å². The van der Waals surface area contributed by atoms with E-state index in [1.54, 1.807) is 0 Å². The van der Waals surface area contributed by atoms with E-state index in [-0.39, 0.29) is 18.2 Å². The molecule has 0 aromatic carbocycles. The van der Waals surface area contributed by atoms with Gasteiger partial charge in [-0.25, -0.2) is 0 Å². The Hall–Kier alpha value is -2.18. The Balaban J connectivity index is 2.64. The fourth-order valence-corrected chi connectivity index (χ4v) is 0.735. The number of carbonyl (C=O) groups is 1. The number of carbonyl (C=O) groups excluding carboxylic acids is 1. The highest BCUT2D eigenvalue weighted by Gasteiger charge is 2.09. The van der Waals surface area contributed by atoms with Gasteiger partial charge in [-0.2, -0.15) is 0 Å². The molecule has 0 aliphatic rings. The van der Waals surface area contributed by atoms with E-state index in [1.165, 1.54) is 18.3 Å². The molecule has 0 aliphatic heterocycles. The fraction of sp³-hybridized carbons (Fsp3) is 0.143. The van der Waals surface area contributed by atoms with Crippen molar-refractivity contribution in [3.8, 4) is 0 Å². The highest BCUT2D eigenvalue weighted by Crippen LogP contribution is 2.13. The molecular weight excluding hydrogens is 190 g/mol. The van der Waals surface area contributed by atoms with Gasteiger partial charge in [-0.3, -0.25) is 19.9 Å². The van der Waals surface area contributed by atoms with Gasteiger partial charge in [-0.1, -0.05) is 0 Å². The second-order valence-electron chi connectivity index (χ2n) is 2.37. The number of aliphatic imine (C=N–C) groups is 1. The van der Waals surface area contributed by atoms with Gasteiger partial charge in [-0.15, -0.1) is 0 Å². The zero-order valence-electron chi connectivity index (χ0n) is 7.04. The smallest absolute Gasteiger partial charge is 0.400 e. The number of nitrogens with two attached hydrogens (primary N) is 1. The Labute approximate surface area is 78.4 Å². The first-order valence-electron chi connectivity index (χ1n) is 3.62. The quantitative estimate of drug-likeness (QED) is 0.418. The number of rotatable bonds is 4. The first-order chi connectivity index (χ1) is 6.59. The maximum atomic E-state index is 10.3. The molecule has 1 rings (SSSR count). The van der Waals surface area contributed by atoms with Gasteiger partial charge in [0.2, 0.25) is 5.91 Å². The van der Waals surface area contributed by atoms with Crippen LogP contribution in [0.4, 0.5) is 5.88 Å². The molecule has 0 spiro atoms. The molecule has 1 aromatic rings. The van der Waals surface area contributed by atoms with E-state index in [0.29, 0.717) is 0 Å². The molecule has 7 heteroatoms. The van der Waals surface area contributed by atoms with Crippen molar-refractivity contribution in [1.82, 2.24) is 0 Å². The SMILES string of the molecule is NC(=O)C/N=C\c1ccc([N+](=O)[O-])o1. The minimum atomic E-state index is -0.661. The van der Waals surface area contributed by atoms with Crippen LogP contribution in [0.25, 0.3) is 0 Å². The van der Waals surface area contributed by atoms with E-state index < -0.39 is 10.8 Å². The zero-order valence-corrected chi connectivity index (χ0v) is 7.04. The normalized spacial score (nSPS) is 10.6. The molecule has 0 saturated carbocycles. The average Bonchev–Trinajstić information content (AvgIpc) is 2.52. The molecule has 0 atom stereocenters. The Bertz CT molecular complexity index is 382. The van der Waals surface area contributed by atoms with E-state index in [1.807, 2.05) is 0 Å². The number of nitrogens with zero attached hydrogens (tertiary/aromatic N) is 2. The van der Waals surface area contributed by atoms with Crippen molar-refractivity contribution in [3.05, 3.63) is 28.0 Å². The summed E-state index contributed by atoms with van der Waals surface area (Å²) in [5.74, 6) is -0.745. The lowest BCUT2D eigenvalue weighted by Gasteiger charge is -1.85. The number of hydrogen-bond donors (Lipinski definition) is 1. The van der Waals surface area contributed by atoms with E-state index in [2.05, 4.69) is 4.99 Å². The topological polar surface area (TPSA) is 112 Å². The summed E-state index contributed by atoms with van der Waals surface area (Å²) >= 11 is 0. The van der Waals surface area contributed by atoms with Crippen LogP contribution in [-0.4, -0.2) is 23.6 Å². The van der Waals surface area contributed by atoms with Crippen LogP contribution in [0.15, 0.2) is 21.5 Å². The zero-order chi connectivity index (χ0) is 10.6. The first kappa shape index (κ1) is 9.90. The third-order valence-corrected chi connectivity index (χ3v) is 1.26. The van der Waals surface area contributed by atoms with Crippen LogP contribution >= 0.6 is 0 Å². The Morgan fingerprint density at radius 3 is 2.93 bits per heavy atom. The molecule has 74 valence electrons. The summed E-state index contributed by atoms with van der Waals surface area (Å²) in [5, 5.41) is 10.2. The Morgan fingerprint density at radius 1 is 1.71 bits per heavy atom. The molecule has 0 radical (unpaired) electrons. The van der Waals surface area contributed by atoms with E-state index in [4.69, 9.17) is 10.2 Å². The molecule has 1 aromatic heterocycles. The summed E-state index contributed by atoms with van der Waals surface area (Å²) in [7, 11) is 0. The van der Waals surface area contributed by atoms with Gasteiger partial charge in [0, 0.05) is 0 Å². The van der Waals surface area contributed by atoms with Gasteiger partial charge < -0.3 is 10.2 Å². The molecular formula is C7H7N3O4. The minimum absolute atomic E-state index is 0.172. The van der Waals surface area contributed by atoms with Crippen molar-refractivity contribution in [2.24, 2.45) is 10.7 Å². The standard InChI is InChI=1S/C7H7N3O4/c8-6(11)4-9-3-5-1-2-7(14-5)10(12)13/h1-3H,4H2,(H2,8,11)/b9-3-. The number of furan rings is 1. The number of primary amides is 1. The summed E-state index contributed by atoms with van der Waals surface area (Å²) in [6.45, 7) is -0.172. The predicted octanol–water partition coefficient (Wildman–Crippen LogP) is 0.0920. The van der Waals surface area contributed by atoms with Crippen LogP contribution in [0.3, 0.4) is 0 Å². The van der Waals surface area contributed by atoms with Gasteiger partial charge in [0.15, 0.2) is 5.76 Å². The van der Waals surface area contributed by atoms with Crippen molar-refractivity contribution in [1.29, 1.82) is 0 Å². The highest BCUT2D eigenvalue weighted by atomic mass is 16.6. The van der Waals surface area contributed by atoms with Crippen molar-refractivity contribution in [2.75, 3.05) is 6.54 Å². The largest absolute Gasteiger partial charge is 0.433 e. The maximum Gasteiger partial charge on any atom is 0.433 e. The average molecular weight is 197 g/mol. The Morgan fingerprint density at radius 2 is 2.43 bits per heavy atom. The molecule has 0 bridgehead atoms. The van der Waals surface area contributed by atoms with Gasteiger partial charge in [0.1, 0.15) is 11.5 Å². The lowest BCUT2D eigenvalue weighted by Crippen LogP contribution is -2.13. The monoisotopic (exact) mass is 197 g/mol. The van der Waals surface area contributed by atoms with E-state index in [0.717, 1.165) is 0 Å². The van der Waals surface area contributed by atoms with Gasteiger partial charge in [0.25, 0.3) is 0 Å². The molecule has 0 unspecified atom stereocenters. The summed E-state index contributed by atoms with van der Waals surface area (Å²) in [6.07, 6.45) is 1.21. The summed E-state index contributed by atoms with van der Waals surface area (Å²) in [4.78, 5) is 23.4.